The van der Waals surface area contributed by atoms with E-state index < -0.39 is 5.60 Å². The Labute approximate surface area is 154 Å². The van der Waals surface area contributed by atoms with E-state index in [-0.39, 0.29) is 4.08 Å². The molecule has 0 radical (unpaired) electrons. The largest absolute Gasteiger partial charge is 0.388 e. The van der Waals surface area contributed by atoms with Gasteiger partial charge in [-0.15, -0.1) is 23.5 Å². The molecule has 0 saturated heterocycles. The van der Waals surface area contributed by atoms with Crippen LogP contribution in [0.15, 0.2) is 70.5 Å². The lowest BCUT2D eigenvalue weighted by Crippen LogP contribution is -2.50. The van der Waals surface area contributed by atoms with E-state index in [0.717, 1.165) is 32.1 Å². The Balaban J connectivity index is 1.97. The third-order valence-corrected chi connectivity index (χ3v) is 8.42. The monoisotopic (exact) mass is 358 g/mol. The molecule has 0 unspecified atom stereocenters. The quantitative estimate of drug-likeness (QED) is 0.478. The molecule has 0 bridgehead atoms. The van der Waals surface area contributed by atoms with Crippen LogP contribution in [0.4, 0.5) is 0 Å². The van der Waals surface area contributed by atoms with Crippen molar-refractivity contribution in [3.8, 4) is 0 Å². The molecule has 1 N–H and O–H groups in total. The van der Waals surface area contributed by atoms with Crippen LogP contribution < -0.4 is 0 Å². The van der Waals surface area contributed by atoms with Gasteiger partial charge in [0, 0.05) is 9.79 Å². The number of benzene rings is 2. The van der Waals surface area contributed by atoms with Gasteiger partial charge in [-0.1, -0.05) is 62.6 Å². The summed E-state index contributed by atoms with van der Waals surface area (Å²) in [4.78, 5) is 2.48. The summed E-state index contributed by atoms with van der Waals surface area (Å²) < 4.78 is -0.254. The predicted molar refractivity (Wildman–Crippen MR) is 106 cm³/mol. The van der Waals surface area contributed by atoms with Gasteiger partial charge in [0.1, 0.15) is 0 Å². The Morgan fingerprint density at radius 2 is 1.29 bits per heavy atom. The Morgan fingerprint density at radius 1 is 0.833 bits per heavy atom. The number of thioether (sulfide) groups is 2. The third kappa shape index (κ3) is 3.84. The molecule has 24 heavy (non-hydrogen) atoms. The lowest BCUT2D eigenvalue weighted by Gasteiger charge is -2.48. The lowest BCUT2D eigenvalue weighted by atomic mass is 9.81. The highest BCUT2D eigenvalue weighted by molar-refractivity contribution is 8.18. The minimum atomic E-state index is -0.624. The summed E-state index contributed by atoms with van der Waals surface area (Å²) in [5, 5.41) is 11.7. The van der Waals surface area contributed by atoms with E-state index in [2.05, 4.69) is 67.6 Å². The summed E-state index contributed by atoms with van der Waals surface area (Å²) in [6, 6.07) is 21.1. The van der Waals surface area contributed by atoms with Crippen LogP contribution in [0.5, 0.6) is 0 Å². The van der Waals surface area contributed by atoms with Crippen molar-refractivity contribution in [1.82, 2.24) is 0 Å². The molecule has 0 heterocycles. The molecule has 1 aliphatic rings. The second-order valence-corrected chi connectivity index (χ2v) is 9.53. The summed E-state index contributed by atoms with van der Waals surface area (Å²) >= 11 is 3.70. The minimum absolute atomic E-state index is 0.254. The topological polar surface area (TPSA) is 20.2 Å². The molecule has 128 valence electrons. The fraction of sp³-hybridized carbons (Fsp3) is 0.429. The lowest BCUT2D eigenvalue weighted by molar-refractivity contribution is -0.00789. The molecule has 1 aliphatic carbocycles. The van der Waals surface area contributed by atoms with Crippen molar-refractivity contribution in [2.75, 3.05) is 0 Å². The van der Waals surface area contributed by atoms with Crippen LogP contribution >= 0.6 is 23.5 Å². The number of hydrogen-bond donors (Lipinski definition) is 1. The van der Waals surface area contributed by atoms with Gasteiger partial charge in [0.25, 0.3) is 0 Å². The first-order valence-corrected chi connectivity index (χ1v) is 10.5. The van der Waals surface area contributed by atoms with Crippen LogP contribution in [-0.4, -0.2) is 14.8 Å². The maximum absolute atomic E-state index is 11.7. The van der Waals surface area contributed by atoms with Gasteiger partial charge in [-0.25, -0.2) is 0 Å². The van der Waals surface area contributed by atoms with E-state index in [1.54, 1.807) is 0 Å². The molecule has 0 aromatic heterocycles. The second kappa shape index (κ2) is 7.99. The van der Waals surface area contributed by atoms with Crippen molar-refractivity contribution >= 4 is 23.5 Å². The molecule has 1 saturated carbocycles. The summed E-state index contributed by atoms with van der Waals surface area (Å²) in [6.45, 7) is 2.22. The molecule has 3 rings (SSSR count). The van der Waals surface area contributed by atoms with Gasteiger partial charge in [0.15, 0.2) is 0 Å². The van der Waals surface area contributed by atoms with Crippen LogP contribution in [0.2, 0.25) is 0 Å². The molecule has 0 amide bonds. The standard InChI is InChI=1S/C21H26OS2/c1-2-21(20(22)16-10-5-11-17-20,23-18-12-6-3-7-13-18)24-19-14-8-4-9-15-19/h3-4,6-9,12-15,22H,2,5,10-11,16-17H2,1H3. The summed E-state index contributed by atoms with van der Waals surface area (Å²) in [7, 11) is 0. The van der Waals surface area contributed by atoms with Crippen LogP contribution in [0.25, 0.3) is 0 Å². The highest BCUT2D eigenvalue weighted by Gasteiger charge is 2.51. The van der Waals surface area contributed by atoms with Gasteiger partial charge in [-0.3, -0.25) is 0 Å². The fourth-order valence-electron chi connectivity index (χ4n) is 3.56. The van der Waals surface area contributed by atoms with Crippen molar-refractivity contribution in [2.24, 2.45) is 0 Å². The maximum Gasteiger partial charge on any atom is 0.0987 e. The van der Waals surface area contributed by atoms with E-state index in [1.807, 2.05) is 23.5 Å². The average molecular weight is 359 g/mol. The molecule has 1 fully saturated rings. The zero-order chi connectivity index (χ0) is 16.9. The van der Waals surface area contributed by atoms with Gasteiger partial charge in [0.2, 0.25) is 0 Å². The molecular formula is C21H26OS2. The Morgan fingerprint density at radius 3 is 1.71 bits per heavy atom. The molecule has 0 aliphatic heterocycles. The van der Waals surface area contributed by atoms with Gasteiger partial charge in [0.05, 0.1) is 9.68 Å². The van der Waals surface area contributed by atoms with E-state index in [1.165, 1.54) is 16.2 Å². The van der Waals surface area contributed by atoms with Crippen LogP contribution in [-0.2, 0) is 0 Å². The van der Waals surface area contributed by atoms with Crippen molar-refractivity contribution in [3.63, 3.8) is 0 Å². The average Bonchev–Trinajstić information content (AvgIpc) is 2.63. The fourth-order valence-corrected chi connectivity index (χ4v) is 6.73. The number of rotatable bonds is 6. The SMILES string of the molecule is CCC(Sc1ccccc1)(Sc1ccccc1)C1(O)CCCCC1. The molecule has 3 heteroatoms. The van der Waals surface area contributed by atoms with Crippen molar-refractivity contribution in [3.05, 3.63) is 60.7 Å². The molecule has 2 aromatic carbocycles. The normalized spacial score (nSPS) is 17.6. The van der Waals surface area contributed by atoms with E-state index >= 15 is 0 Å². The van der Waals surface area contributed by atoms with Gasteiger partial charge < -0.3 is 5.11 Å². The maximum atomic E-state index is 11.7. The van der Waals surface area contributed by atoms with Crippen LogP contribution in [0, 0.1) is 0 Å². The third-order valence-electron chi connectivity index (χ3n) is 4.91. The molecule has 1 nitrogen and oxygen atoms in total. The Kier molecular flexibility index (Phi) is 5.96. The summed E-state index contributed by atoms with van der Waals surface area (Å²) in [6.07, 6.45) is 6.24. The number of aliphatic hydroxyl groups is 1. The van der Waals surface area contributed by atoms with E-state index in [9.17, 15) is 5.11 Å². The van der Waals surface area contributed by atoms with E-state index in [4.69, 9.17) is 0 Å². The smallest absolute Gasteiger partial charge is 0.0987 e. The van der Waals surface area contributed by atoms with Crippen molar-refractivity contribution < 1.29 is 5.11 Å². The first-order valence-electron chi connectivity index (χ1n) is 8.88. The Bertz CT molecular complexity index is 579. The van der Waals surface area contributed by atoms with E-state index in [0.29, 0.717) is 0 Å². The highest BCUT2D eigenvalue weighted by atomic mass is 32.2. The first kappa shape index (κ1) is 17.9. The highest BCUT2D eigenvalue weighted by Crippen LogP contribution is 2.57. The Hall–Kier alpha value is -0.900. The minimum Gasteiger partial charge on any atom is -0.388 e. The van der Waals surface area contributed by atoms with Crippen molar-refractivity contribution in [2.45, 2.75) is 64.9 Å². The molecule has 2 aromatic rings. The molecule has 0 spiro atoms. The van der Waals surface area contributed by atoms with Gasteiger partial charge in [-0.05, 0) is 43.5 Å². The first-order chi connectivity index (χ1) is 11.7. The number of hydrogen-bond acceptors (Lipinski definition) is 3. The summed E-state index contributed by atoms with van der Waals surface area (Å²) in [5.41, 5.74) is -0.624. The zero-order valence-electron chi connectivity index (χ0n) is 14.3. The molecule has 0 atom stereocenters. The summed E-state index contributed by atoms with van der Waals surface area (Å²) in [5.74, 6) is 0. The van der Waals surface area contributed by atoms with Gasteiger partial charge >= 0.3 is 0 Å². The zero-order valence-corrected chi connectivity index (χ0v) is 15.9. The second-order valence-electron chi connectivity index (χ2n) is 6.53. The van der Waals surface area contributed by atoms with Gasteiger partial charge in [-0.2, -0.15) is 0 Å². The van der Waals surface area contributed by atoms with Crippen LogP contribution in [0.3, 0.4) is 0 Å². The molecular weight excluding hydrogens is 332 g/mol. The van der Waals surface area contributed by atoms with Crippen molar-refractivity contribution in [1.29, 1.82) is 0 Å². The van der Waals surface area contributed by atoms with Crippen LogP contribution in [0.1, 0.15) is 45.4 Å². The predicted octanol–water partition coefficient (Wildman–Crippen LogP) is 6.37.